The van der Waals surface area contributed by atoms with Crippen molar-refractivity contribution in [3.8, 4) is 5.75 Å². The Kier molecular flexibility index (Phi) is 4.36. The quantitative estimate of drug-likeness (QED) is 0.860. The highest BCUT2D eigenvalue weighted by Crippen LogP contribution is 2.30. The standard InChI is InChI=1S/C11H15ClFNO/c1-7(2)15-11-8(6-14-3)4-9(13)5-10(11)12/h4-5,7,14H,6H2,1-3H3. The lowest BCUT2D eigenvalue weighted by molar-refractivity contribution is 0.239. The predicted octanol–water partition coefficient (Wildman–Crippen LogP) is 2.99. The Bertz CT molecular complexity index is 342. The number of hydrogen-bond acceptors (Lipinski definition) is 2. The van der Waals surface area contributed by atoms with Gasteiger partial charge >= 0.3 is 0 Å². The van der Waals surface area contributed by atoms with Crippen molar-refractivity contribution < 1.29 is 9.13 Å². The van der Waals surface area contributed by atoms with E-state index in [1.165, 1.54) is 12.1 Å². The maximum atomic E-state index is 13.1. The van der Waals surface area contributed by atoms with Gasteiger partial charge in [0.05, 0.1) is 11.1 Å². The van der Waals surface area contributed by atoms with E-state index < -0.39 is 0 Å². The van der Waals surface area contributed by atoms with Crippen molar-refractivity contribution >= 4 is 11.6 Å². The number of benzene rings is 1. The zero-order chi connectivity index (χ0) is 11.4. The van der Waals surface area contributed by atoms with Crippen molar-refractivity contribution in [1.82, 2.24) is 5.32 Å². The van der Waals surface area contributed by atoms with Gasteiger partial charge in [0.2, 0.25) is 0 Å². The van der Waals surface area contributed by atoms with Crippen molar-refractivity contribution in [3.05, 3.63) is 28.5 Å². The van der Waals surface area contributed by atoms with Crippen LogP contribution in [0.1, 0.15) is 19.4 Å². The lowest BCUT2D eigenvalue weighted by atomic mass is 10.2. The molecule has 0 atom stereocenters. The third kappa shape index (κ3) is 3.36. The monoisotopic (exact) mass is 231 g/mol. The molecule has 4 heteroatoms. The Hall–Kier alpha value is -0.800. The number of hydrogen-bond donors (Lipinski definition) is 1. The molecule has 0 aliphatic rings. The maximum absolute atomic E-state index is 13.1. The second-order valence-electron chi connectivity index (χ2n) is 3.57. The molecule has 0 amide bonds. The molecule has 0 aliphatic heterocycles. The Labute approximate surface area is 94.4 Å². The summed E-state index contributed by atoms with van der Waals surface area (Å²) in [6, 6.07) is 2.69. The fourth-order valence-corrected chi connectivity index (χ4v) is 1.57. The molecule has 15 heavy (non-hydrogen) atoms. The van der Waals surface area contributed by atoms with Gasteiger partial charge in [0.1, 0.15) is 11.6 Å². The van der Waals surface area contributed by atoms with Gasteiger partial charge in [-0.25, -0.2) is 4.39 Å². The van der Waals surface area contributed by atoms with Crippen molar-refractivity contribution in [3.63, 3.8) is 0 Å². The Balaban J connectivity index is 3.08. The number of rotatable bonds is 4. The smallest absolute Gasteiger partial charge is 0.142 e. The summed E-state index contributed by atoms with van der Waals surface area (Å²) in [4.78, 5) is 0. The zero-order valence-corrected chi connectivity index (χ0v) is 9.86. The Morgan fingerprint density at radius 2 is 2.13 bits per heavy atom. The fourth-order valence-electron chi connectivity index (χ4n) is 1.30. The van der Waals surface area contributed by atoms with E-state index in [9.17, 15) is 4.39 Å². The van der Waals surface area contributed by atoms with Gasteiger partial charge in [0.25, 0.3) is 0 Å². The lowest BCUT2D eigenvalue weighted by Gasteiger charge is -2.15. The van der Waals surface area contributed by atoms with Crippen LogP contribution in [0.25, 0.3) is 0 Å². The molecule has 0 heterocycles. The summed E-state index contributed by atoms with van der Waals surface area (Å²) in [5.74, 6) is 0.212. The van der Waals surface area contributed by atoms with Crippen molar-refractivity contribution in [2.45, 2.75) is 26.5 Å². The molecule has 84 valence electrons. The molecule has 0 radical (unpaired) electrons. The minimum atomic E-state index is -0.346. The van der Waals surface area contributed by atoms with E-state index in [1.54, 1.807) is 7.05 Å². The summed E-state index contributed by atoms with van der Waals surface area (Å²) in [5.41, 5.74) is 0.733. The molecular weight excluding hydrogens is 217 g/mol. The van der Waals surface area contributed by atoms with Crippen LogP contribution in [-0.2, 0) is 6.54 Å². The molecule has 1 N–H and O–H groups in total. The third-order valence-electron chi connectivity index (χ3n) is 1.81. The van der Waals surface area contributed by atoms with Crippen LogP contribution in [0.4, 0.5) is 4.39 Å². The van der Waals surface area contributed by atoms with Crippen molar-refractivity contribution in [2.75, 3.05) is 7.05 Å². The summed E-state index contributed by atoms with van der Waals surface area (Å²) in [7, 11) is 1.79. The van der Waals surface area contributed by atoms with E-state index in [0.29, 0.717) is 17.3 Å². The SMILES string of the molecule is CNCc1cc(F)cc(Cl)c1OC(C)C. The normalized spacial score (nSPS) is 10.8. The highest BCUT2D eigenvalue weighted by molar-refractivity contribution is 6.32. The van der Waals surface area contributed by atoms with Crippen LogP contribution in [0.2, 0.25) is 5.02 Å². The van der Waals surface area contributed by atoms with E-state index in [0.717, 1.165) is 5.56 Å². The van der Waals surface area contributed by atoms with E-state index >= 15 is 0 Å². The summed E-state index contributed by atoms with van der Waals surface area (Å²) >= 11 is 5.92. The van der Waals surface area contributed by atoms with Crippen LogP contribution < -0.4 is 10.1 Å². The summed E-state index contributed by atoms with van der Waals surface area (Å²) in [6.07, 6.45) is 0.0172. The van der Waals surface area contributed by atoms with E-state index in [2.05, 4.69) is 5.32 Å². The molecular formula is C11H15ClFNO. The lowest BCUT2D eigenvalue weighted by Crippen LogP contribution is -2.12. The van der Waals surface area contributed by atoms with Gasteiger partial charge in [-0.15, -0.1) is 0 Å². The minimum Gasteiger partial charge on any atom is -0.489 e. The van der Waals surface area contributed by atoms with Gasteiger partial charge in [0.15, 0.2) is 0 Å². The highest BCUT2D eigenvalue weighted by atomic mass is 35.5. The Morgan fingerprint density at radius 1 is 1.47 bits per heavy atom. The minimum absolute atomic E-state index is 0.0172. The zero-order valence-electron chi connectivity index (χ0n) is 9.10. The van der Waals surface area contributed by atoms with Gasteiger partial charge in [-0.3, -0.25) is 0 Å². The second kappa shape index (κ2) is 5.33. The van der Waals surface area contributed by atoms with Crippen molar-refractivity contribution in [2.24, 2.45) is 0 Å². The molecule has 1 rings (SSSR count). The fraction of sp³-hybridized carbons (Fsp3) is 0.455. The van der Waals surface area contributed by atoms with E-state index in [-0.39, 0.29) is 11.9 Å². The molecule has 2 nitrogen and oxygen atoms in total. The molecule has 0 aromatic heterocycles. The summed E-state index contributed by atoms with van der Waals surface area (Å²) in [5, 5.41) is 3.26. The molecule has 1 aromatic carbocycles. The summed E-state index contributed by atoms with van der Waals surface area (Å²) < 4.78 is 18.6. The van der Waals surface area contributed by atoms with Gasteiger partial charge in [0, 0.05) is 12.1 Å². The van der Waals surface area contributed by atoms with Gasteiger partial charge in [-0.05, 0) is 33.0 Å². The van der Waals surface area contributed by atoms with Gasteiger partial charge in [-0.2, -0.15) is 0 Å². The van der Waals surface area contributed by atoms with Crippen LogP contribution in [0.3, 0.4) is 0 Å². The second-order valence-corrected chi connectivity index (χ2v) is 3.98. The van der Waals surface area contributed by atoms with E-state index in [1.807, 2.05) is 13.8 Å². The van der Waals surface area contributed by atoms with Crippen LogP contribution in [0, 0.1) is 5.82 Å². The average Bonchev–Trinajstić information content (AvgIpc) is 2.11. The van der Waals surface area contributed by atoms with Gasteiger partial charge in [-0.1, -0.05) is 11.6 Å². The average molecular weight is 232 g/mol. The molecule has 0 unspecified atom stereocenters. The van der Waals surface area contributed by atoms with Crippen LogP contribution in [-0.4, -0.2) is 13.2 Å². The molecule has 0 aliphatic carbocycles. The number of nitrogens with one attached hydrogen (secondary N) is 1. The van der Waals surface area contributed by atoms with Crippen LogP contribution in [0.5, 0.6) is 5.75 Å². The van der Waals surface area contributed by atoms with Crippen molar-refractivity contribution in [1.29, 1.82) is 0 Å². The Morgan fingerprint density at radius 3 is 2.67 bits per heavy atom. The van der Waals surface area contributed by atoms with E-state index in [4.69, 9.17) is 16.3 Å². The molecule has 0 saturated heterocycles. The molecule has 0 spiro atoms. The first-order valence-corrected chi connectivity index (χ1v) is 5.21. The highest BCUT2D eigenvalue weighted by Gasteiger charge is 2.12. The third-order valence-corrected chi connectivity index (χ3v) is 2.09. The first-order valence-electron chi connectivity index (χ1n) is 4.83. The predicted molar refractivity (Wildman–Crippen MR) is 59.9 cm³/mol. The summed E-state index contributed by atoms with van der Waals surface area (Å²) in [6.45, 7) is 4.34. The first-order chi connectivity index (χ1) is 7.04. The largest absolute Gasteiger partial charge is 0.489 e. The molecule has 0 saturated carbocycles. The number of halogens is 2. The topological polar surface area (TPSA) is 21.3 Å². The number of ether oxygens (including phenoxy) is 1. The first kappa shape index (κ1) is 12.3. The van der Waals surface area contributed by atoms with Crippen LogP contribution >= 0.6 is 11.6 Å². The van der Waals surface area contributed by atoms with Crippen LogP contribution in [0.15, 0.2) is 12.1 Å². The molecule has 0 fully saturated rings. The molecule has 0 bridgehead atoms. The molecule has 1 aromatic rings. The van der Waals surface area contributed by atoms with Gasteiger partial charge < -0.3 is 10.1 Å². The maximum Gasteiger partial charge on any atom is 0.142 e.